The molecule has 0 atom stereocenters. The largest absolute Gasteiger partial charge is 0.497 e. The first kappa shape index (κ1) is 21.9. The van der Waals surface area contributed by atoms with Crippen LogP contribution in [0, 0.1) is 0 Å². The van der Waals surface area contributed by atoms with E-state index in [0.717, 1.165) is 21.5 Å². The highest BCUT2D eigenvalue weighted by atomic mass is 79.9. The Morgan fingerprint density at radius 2 is 1.87 bits per heavy atom. The van der Waals surface area contributed by atoms with Crippen molar-refractivity contribution in [3.8, 4) is 22.8 Å². The summed E-state index contributed by atoms with van der Waals surface area (Å²) in [5.41, 5.74) is 2.27. The highest BCUT2D eigenvalue weighted by Gasteiger charge is 2.27. The number of halogens is 3. The summed E-state index contributed by atoms with van der Waals surface area (Å²) in [5, 5.41) is 4.11. The summed E-state index contributed by atoms with van der Waals surface area (Å²) < 4.78 is 7.71. The Morgan fingerprint density at radius 1 is 1.16 bits per heavy atom. The van der Waals surface area contributed by atoms with Crippen molar-refractivity contribution in [2.75, 3.05) is 7.11 Å². The molecule has 0 radical (unpaired) electrons. The maximum atomic E-state index is 13.0. The van der Waals surface area contributed by atoms with Gasteiger partial charge in [-0.3, -0.25) is 9.89 Å². The average molecular weight is 522 g/mol. The van der Waals surface area contributed by atoms with Gasteiger partial charge >= 0.3 is 0 Å². The first-order chi connectivity index (χ1) is 14.8. The fraction of sp³-hybridized carbons (Fsp3) is 0.227. The maximum absolute atomic E-state index is 13.0. The molecule has 9 heteroatoms. The van der Waals surface area contributed by atoms with E-state index in [2.05, 4.69) is 26.0 Å². The number of benzene rings is 2. The van der Waals surface area contributed by atoms with Gasteiger partial charge in [0.2, 0.25) is 0 Å². The van der Waals surface area contributed by atoms with Gasteiger partial charge in [-0.05, 0) is 35.7 Å². The molecule has 2 heterocycles. The molecule has 0 spiro atoms. The van der Waals surface area contributed by atoms with Crippen molar-refractivity contribution in [3.05, 3.63) is 78.4 Å². The zero-order valence-corrected chi connectivity index (χ0v) is 20.1. The minimum atomic E-state index is -0.342. The maximum Gasteiger partial charge on any atom is 0.284 e. The molecule has 6 nitrogen and oxygen atoms in total. The van der Waals surface area contributed by atoms with E-state index in [4.69, 9.17) is 32.9 Å². The molecule has 0 aromatic heterocycles. The molecule has 2 aromatic carbocycles. The van der Waals surface area contributed by atoms with E-state index in [0.29, 0.717) is 39.4 Å². The number of rotatable bonds is 5. The van der Waals surface area contributed by atoms with Gasteiger partial charge in [-0.1, -0.05) is 65.1 Å². The topological polar surface area (TPSA) is 72.8 Å². The van der Waals surface area contributed by atoms with E-state index >= 15 is 0 Å². The zero-order chi connectivity index (χ0) is 22.3. The second-order valence-corrected chi connectivity index (χ2v) is 9.14. The van der Waals surface area contributed by atoms with Gasteiger partial charge in [0.25, 0.3) is 5.56 Å². The minimum Gasteiger partial charge on any atom is -0.497 e. The molecule has 160 valence electrons. The molecule has 4 rings (SSSR count). The number of aromatic nitrogens is 4. The third kappa shape index (κ3) is 4.22. The molecule has 31 heavy (non-hydrogen) atoms. The van der Waals surface area contributed by atoms with Gasteiger partial charge in [0.05, 0.1) is 22.8 Å². The summed E-state index contributed by atoms with van der Waals surface area (Å²) in [7, 11) is 1.61. The van der Waals surface area contributed by atoms with Crippen LogP contribution in [0.3, 0.4) is 0 Å². The van der Waals surface area contributed by atoms with E-state index < -0.39 is 0 Å². The molecule has 0 saturated heterocycles. The summed E-state index contributed by atoms with van der Waals surface area (Å²) in [5.74, 6) is 1.61. The number of nitrogens with one attached hydrogen (secondary N) is 1. The summed E-state index contributed by atoms with van der Waals surface area (Å²) in [6.07, 6.45) is 0.381. The van der Waals surface area contributed by atoms with Crippen LogP contribution in [0.5, 0.6) is 5.75 Å². The molecule has 2 aliphatic heterocycles. The van der Waals surface area contributed by atoms with Crippen LogP contribution >= 0.6 is 39.1 Å². The van der Waals surface area contributed by atoms with E-state index in [-0.39, 0.29) is 11.5 Å². The van der Waals surface area contributed by atoms with Gasteiger partial charge < -0.3 is 4.74 Å². The van der Waals surface area contributed by atoms with Gasteiger partial charge in [-0.15, -0.1) is 0 Å². The van der Waals surface area contributed by atoms with Gasteiger partial charge in [-0.25, -0.2) is 9.67 Å². The van der Waals surface area contributed by atoms with E-state index in [9.17, 15) is 4.79 Å². The number of methoxy groups -OCH3 is 1. The summed E-state index contributed by atoms with van der Waals surface area (Å²) in [4.78, 5) is 22.0. The molecule has 2 aliphatic rings. The van der Waals surface area contributed by atoms with Crippen LogP contribution < -0.4 is 10.3 Å². The number of aromatic amines is 1. The molecular formula is C22H19BrCl2N4O2. The predicted octanol–water partition coefficient (Wildman–Crippen LogP) is 5.85. The monoisotopic (exact) mass is 520 g/mol. The van der Waals surface area contributed by atoms with Crippen LogP contribution in [0.15, 0.2) is 45.7 Å². The van der Waals surface area contributed by atoms with Gasteiger partial charge in [0.1, 0.15) is 22.8 Å². The van der Waals surface area contributed by atoms with Gasteiger partial charge in [-0.2, -0.15) is 4.98 Å². The standard InChI is InChI=1S/C22H19BrCl2N4O2/c1-11(2)19-18-21(29(28-19)20-15(24)9-13(23)10-16(20)25)26-17(27-22(18)30)8-12-5-4-6-14(7-12)31-3/h4-7,9-11,28H,8H2,1-3H3. The smallest absolute Gasteiger partial charge is 0.284 e. The highest BCUT2D eigenvalue weighted by Crippen LogP contribution is 2.36. The number of H-pyrrole nitrogens is 1. The van der Waals surface area contributed by atoms with Crippen molar-refractivity contribution in [3.63, 3.8) is 0 Å². The molecule has 1 N–H and O–H groups in total. The SMILES string of the molecule is COc1cccc(Cc2nc3n(-c4c(Cl)cc(Br)cc4Cl)[nH]c(C(C)C)c-3c(=O)n2)c1. The summed E-state index contributed by atoms with van der Waals surface area (Å²) in [6.45, 7) is 3.98. The van der Waals surface area contributed by atoms with E-state index in [1.807, 2.05) is 38.1 Å². The number of nitrogens with zero attached hydrogens (tertiary/aromatic N) is 3. The van der Waals surface area contributed by atoms with Crippen LogP contribution in [0.2, 0.25) is 10.0 Å². The molecule has 0 unspecified atom stereocenters. The molecule has 0 bridgehead atoms. The van der Waals surface area contributed by atoms with Crippen LogP contribution in [0.25, 0.3) is 17.1 Å². The lowest BCUT2D eigenvalue weighted by molar-refractivity contribution is 0.414. The van der Waals surface area contributed by atoms with Crippen LogP contribution in [-0.2, 0) is 6.42 Å². The van der Waals surface area contributed by atoms with Crippen molar-refractivity contribution in [2.45, 2.75) is 26.2 Å². The summed E-state index contributed by atoms with van der Waals surface area (Å²) >= 11 is 16.4. The number of hydrogen-bond acceptors (Lipinski definition) is 4. The van der Waals surface area contributed by atoms with Crippen molar-refractivity contribution in [2.24, 2.45) is 0 Å². The van der Waals surface area contributed by atoms with Gasteiger partial charge in [0, 0.05) is 10.9 Å². The average Bonchev–Trinajstić information content (AvgIpc) is 3.07. The lowest BCUT2D eigenvalue weighted by atomic mass is 10.1. The quantitative estimate of drug-likeness (QED) is 0.357. The van der Waals surface area contributed by atoms with Crippen molar-refractivity contribution in [1.29, 1.82) is 0 Å². The third-order valence-corrected chi connectivity index (χ3v) is 5.93. The van der Waals surface area contributed by atoms with Crippen molar-refractivity contribution in [1.82, 2.24) is 19.7 Å². The number of fused-ring (bicyclic) bond motifs is 1. The fourth-order valence-electron chi connectivity index (χ4n) is 3.47. The normalized spacial score (nSPS) is 11.5. The lowest BCUT2D eigenvalue weighted by Crippen LogP contribution is -2.18. The Balaban J connectivity index is 1.92. The van der Waals surface area contributed by atoms with Crippen LogP contribution in [0.1, 0.15) is 36.8 Å². The molecule has 0 aliphatic carbocycles. The number of ether oxygens (including phenoxy) is 1. The Bertz CT molecular complexity index is 1280. The first-order valence-corrected chi connectivity index (χ1v) is 11.1. The Morgan fingerprint density at radius 3 is 2.52 bits per heavy atom. The molecule has 0 saturated carbocycles. The van der Waals surface area contributed by atoms with Crippen LogP contribution in [0.4, 0.5) is 0 Å². The lowest BCUT2D eigenvalue weighted by Gasteiger charge is -2.12. The fourth-order valence-corrected chi connectivity index (χ4v) is 4.85. The second kappa shape index (κ2) is 8.65. The molecular weight excluding hydrogens is 503 g/mol. The van der Waals surface area contributed by atoms with Gasteiger partial charge in [0.15, 0.2) is 5.82 Å². The van der Waals surface area contributed by atoms with Crippen molar-refractivity contribution >= 4 is 39.1 Å². The third-order valence-electron chi connectivity index (χ3n) is 4.90. The predicted molar refractivity (Wildman–Crippen MR) is 126 cm³/mol. The molecule has 2 aromatic rings. The number of hydrogen-bond donors (Lipinski definition) is 1. The Hall–Kier alpha value is -2.35. The minimum absolute atomic E-state index is 0.0392. The van der Waals surface area contributed by atoms with E-state index in [1.54, 1.807) is 23.9 Å². The molecule has 0 amide bonds. The summed E-state index contributed by atoms with van der Waals surface area (Å²) in [6, 6.07) is 11.1. The highest BCUT2D eigenvalue weighted by molar-refractivity contribution is 9.10. The Kier molecular flexibility index (Phi) is 6.10. The second-order valence-electron chi connectivity index (χ2n) is 7.41. The van der Waals surface area contributed by atoms with E-state index in [1.165, 1.54) is 0 Å². The zero-order valence-electron chi connectivity index (χ0n) is 17.0. The molecule has 0 fully saturated rings. The van der Waals surface area contributed by atoms with Crippen molar-refractivity contribution < 1.29 is 4.74 Å². The first-order valence-electron chi connectivity index (χ1n) is 9.58. The van der Waals surface area contributed by atoms with Crippen LogP contribution in [-0.4, -0.2) is 26.9 Å². The Labute approximate surface area is 197 Å².